The van der Waals surface area contributed by atoms with Crippen LogP contribution in [0, 0.1) is 0 Å². The van der Waals surface area contributed by atoms with E-state index in [-0.39, 0.29) is 0 Å². The minimum atomic E-state index is -1.01. The molecule has 7 heteroatoms. The Hall–Kier alpha value is -2.12. The predicted molar refractivity (Wildman–Crippen MR) is 91.6 cm³/mol. The third kappa shape index (κ3) is 3.80. The molecule has 3 rings (SSSR count). The van der Waals surface area contributed by atoms with Crippen molar-refractivity contribution in [3.05, 3.63) is 46.9 Å². The van der Waals surface area contributed by atoms with E-state index in [4.69, 9.17) is 14.6 Å². The zero-order valence-corrected chi connectivity index (χ0v) is 14.4. The van der Waals surface area contributed by atoms with Crippen LogP contribution >= 0.6 is 27.3 Å². The van der Waals surface area contributed by atoms with Gasteiger partial charge < -0.3 is 14.6 Å². The number of hydrogen-bond donors (Lipinski definition) is 1. The van der Waals surface area contributed by atoms with Gasteiger partial charge in [0.2, 0.25) is 0 Å². The Morgan fingerprint density at radius 1 is 1.22 bits per heavy atom. The Labute approximate surface area is 144 Å². The monoisotopic (exact) mass is 393 g/mol. The first-order chi connectivity index (χ1) is 11.0. The molecule has 1 unspecified atom stereocenters. The van der Waals surface area contributed by atoms with E-state index in [1.54, 1.807) is 24.3 Å². The molecule has 1 N–H and O–H groups in total. The van der Waals surface area contributed by atoms with Gasteiger partial charge in [-0.15, -0.1) is 0 Å². The van der Waals surface area contributed by atoms with Gasteiger partial charge >= 0.3 is 5.97 Å². The average molecular weight is 394 g/mol. The second-order valence-electron chi connectivity index (χ2n) is 4.76. The number of fused-ring (bicyclic) bond motifs is 1. The first-order valence-corrected chi connectivity index (χ1v) is 8.36. The number of aliphatic carboxylic acids is 1. The van der Waals surface area contributed by atoms with Gasteiger partial charge in [-0.05, 0) is 49.4 Å². The van der Waals surface area contributed by atoms with E-state index >= 15 is 0 Å². The molecule has 0 saturated carbocycles. The van der Waals surface area contributed by atoms with E-state index in [2.05, 4.69) is 20.9 Å². The maximum Gasteiger partial charge on any atom is 0.344 e. The van der Waals surface area contributed by atoms with Crippen LogP contribution in [-0.2, 0) is 4.79 Å². The summed E-state index contributed by atoms with van der Waals surface area (Å²) in [5.41, 5.74) is 0.878. The van der Waals surface area contributed by atoms with E-state index < -0.39 is 12.1 Å². The number of benzene rings is 2. The molecular formula is C16H12BrNO4S. The summed E-state index contributed by atoms with van der Waals surface area (Å²) in [6.45, 7) is 1.48. The van der Waals surface area contributed by atoms with Crippen molar-refractivity contribution in [1.29, 1.82) is 0 Å². The molecule has 3 aromatic rings. The smallest absolute Gasteiger partial charge is 0.344 e. The summed E-state index contributed by atoms with van der Waals surface area (Å²) in [5, 5.41) is 9.37. The summed E-state index contributed by atoms with van der Waals surface area (Å²) in [4.78, 5) is 15.2. The summed E-state index contributed by atoms with van der Waals surface area (Å²) < 4.78 is 13.0. The fourth-order valence-corrected chi connectivity index (χ4v) is 3.25. The Kier molecular flexibility index (Phi) is 4.49. The van der Waals surface area contributed by atoms with Crippen molar-refractivity contribution in [1.82, 2.24) is 4.98 Å². The van der Waals surface area contributed by atoms with Crippen molar-refractivity contribution in [2.45, 2.75) is 13.0 Å². The number of nitrogens with zero attached hydrogens (tertiary/aromatic N) is 1. The van der Waals surface area contributed by atoms with Crippen LogP contribution in [-0.4, -0.2) is 22.2 Å². The first-order valence-electron chi connectivity index (χ1n) is 6.75. The normalized spacial score (nSPS) is 12.1. The van der Waals surface area contributed by atoms with Crippen molar-refractivity contribution < 1.29 is 19.4 Å². The lowest BCUT2D eigenvalue weighted by Gasteiger charge is -2.10. The zero-order valence-electron chi connectivity index (χ0n) is 12.0. The number of carboxylic acids is 1. The molecule has 0 bridgehead atoms. The molecule has 0 spiro atoms. The summed E-state index contributed by atoms with van der Waals surface area (Å²) in [6, 6.07) is 12.6. The van der Waals surface area contributed by atoms with Gasteiger partial charge in [-0.25, -0.2) is 9.78 Å². The highest BCUT2D eigenvalue weighted by Gasteiger charge is 2.12. The number of ether oxygens (including phenoxy) is 2. The fourth-order valence-electron chi connectivity index (χ4n) is 1.86. The number of hydrogen-bond acceptors (Lipinski definition) is 5. The lowest BCUT2D eigenvalue weighted by atomic mass is 10.3. The second-order valence-corrected chi connectivity index (χ2v) is 6.67. The fraction of sp³-hybridized carbons (Fsp3) is 0.125. The number of rotatable bonds is 5. The Morgan fingerprint density at radius 2 is 1.91 bits per heavy atom. The zero-order chi connectivity index (χ0) is 16.4. The van der Waals surface area contributed by atoms with Gasteiger partial charge in [0.1, 0.15) is 11.5 Å². The second kappa shape index (κ2) is 6.55. The highest BCUT2D eigenvalue weighted by molar-refractivity contribution is 9.10. The summed E-state index contributed by atoms with van der Waals surface area (Å²) >= 11 is 4.88. The first kappa shape index (κ1) is 15.8. The molecule has 0 radical (unpaired) electrons. The molecule has 0 aliphatic rings. The van der Waals surface area contributed by atoms with Gasteiger partial charge in [-0.1, -0.05) is 27.3 Å². The van der Waals surface area contributed by atoms with Gasteiger partial charge in [0, 0.05) is 4.47 Å². The molecule has 0 fully saturated rings. The molecule has 0 amide bonds. The van der Waals surface area contributed by atoms with Crippen LogP contribution in [0.25, 0.3) is 10.2 Å². The van der Waals surface area contributed by atoms with Crippen molar-refractivity contribution in [3.63, 3.8) is 0 Å². The molecule has 1 aromatic heterocycles. The molecule has 5 nitrogen and oxygen atoms in total. The van der Waals surface area contributed by atoms with Crippen LogP contribution < -0.4 is 9.47 Å². The summed E-state index contributed by atoms with van der Waals surface area (Å²) in [5.74, 6) is 0.0740. The largest absolute Gasteiger partial charge is 0.479 e. The quantitative estimate of drug-likeness (QED) is 0.679. The van der Waals surface area contributed by atoms with Gasteiger partial charge in [-0.2, -0.15) is 0 Å². The SMILES string of the molecule is CC(Oc1ccc(Oc2nc3ccc(Br)cc3s2)cc1)C(=O)O. The van der Waals surface area contributed by atoms with Crippen LogP contribution in [0.5, 0.6) is 16.7 Å². The van der Waals surface area contributed by atoms with Crippen LogP contribution in [0.4, 0.5) is 0 Å². The number of carboxylic acid groups (broad SMARTS) is 1. The standard InChI is InChI=1S/C16H12BrNO4S/c1-9(15(19)20)21-11-3-5-12(6-4-11)22-16-18-13-7-2-10(17)8-14(13)23-16/h2-9H,1H3,(H,19,20). The van der Waals surface area contributed by atoms with Crippen molar-refractivity contribution in [3.8, 4) is 16.7 Å². The number of aromatic nitrogens is 1. The highest BCUT2D eigenvalue weighted by atomic mass is 79.9. The molecule has 2 aromatic carbocycles. The lowest BCUT2D eigenvalue weighted by Crippen LogP contribution is -2.22. The maximum atomic E-state index is 10.8. The van der Waals surface area contributed by atoms with Gasteiger partial charge in [0.15, 0.2) is 6.10 Å². The van der Waals surface area contributed by atoms with Crippen LogP contribution in [0.3, 0.4) is 0 Å². The third-order valence-electron chi connectivity index (χ3n) is 3.02. The highest BCUT2D eigenvalue weighted by Crippen LogP contribution is 2.33. The van der Waals surface area contributed by atoms with Gasteiger partial charge in [0.25, 0.3) is 5.19 Å². The van der Waals surface area contributed by atoms with E-state index in [0.717, 1.165) is 14.7 Å². The Morgan fingerprint density at radius 3 is 2.61 bits per heavy atom. The molecule has 0 saturated heterocycles. The molecule has 23 heavy (non-hydrogen) atoms. The van der Waals surface area contributed by atoms with E-state index in [1.165, 1.54) is 18.3 Å². The molecular weight excluding hydrogens is 382 g/mol. The molecule has 1 heterocycles. The minimum absolute atomic E-state index is 0.473. The van der Waals surface area contributed by atoms with Crippen LogP contribution in [0.1, 0.15) is 6.92 Å². The summed E-state index contributed by atoms with van der Waals surface area (Å²) in [6.07, 6.45) is -0.899. The van der Waals surface area contributed by atoms with E-state index in [0.29, 0.717) is 16.7 Å². The third-order valence-corrected chi connectivity index (χ3v) is 4.41. The molecule has 118 valence electrons. The molecule has 1 atom stereocenters. The lowest BCUT2D eigenvalue weighted by molar-refractivity contribution is -0.144. The van der Waals surface area contributed by atoms with Gasteiger partial charge in [-0.3, -0.25) is 0 Å². The number of halogens is 1. The number of carbonyl (C=O) groups is 1. The topological polar surface area (TPSA) is 68.7 Å². The average Bonchev–Trinajstić information content (AvgIpc) is 2.90. The van der Waals surface area contributed by atoms with Crippen molar-refractivity contribution in [2.75, 3.05) is 0 Å². The van der Waals surface area contributed by atoms with E-state index in [9.17, 15) is 4.79 Å². The van der Waals surface area contributed by atoms with Crippen LogP contribution in [0.2, 0.25) is 0 Å². The summed E-state index contributed by atoms with van der Waals surface area (Å²) in [7, 11) is 0. The number of thiazole rings is 1. The Bertz CT molecular complexity index is 847. The molecule has 0 aliphatic heterocycles. The van der Waals surface area contributed by atoms with E-state index in [1.807, 2.05) is 18.2 Å². The minimum Gasteiger partial charge on any atom is -0.479 e. The van der Waals surface area contributed by atoms with Crippen molar-refractivity contribution in [2.24, 2.45) is 0 Å². The maximum absolute atomic E-state index is 10.8. The Balaban J connectivity index is 1.73. The predicted octanol–water partition coefficient (Wildman–Crippen LogP) is 4.70. The molecule has 0 aliphatic carbocycles. The van der Waals surface area contributed by atoms with Crippen LogP contribution in [0.15, 0.2) is 46.9 Å². The van der Waals surface area contributed by atoms with Gasteiger partial charge in [0.05, 0.1) is 10.2 Å². The van der Waals surface area contributed by atoms with Crippen molar-refractivity contribution >= 4 is 43.5 Å².